The van der Waals surface area contributed by atoms with Gasteiger partial charge in [-0.15, -0.1) is 12.4 Å². The van der Waals surface area contributed by atoms with E-state index in [2.05, 4.69) is 0 Å². The maximum Gasteiger partial charge on any atom is 0.253 e. The lowest BCUT2D eigenvalue weighted by atomic mass is 10.1. The number of halogens is 1. The first-order valence-electron chi connectivity index (χ1n) is 9.65. The van der Waals surface area contributed by atoms with E-state index in [9.17, 15) is 13.2 Å². The van der Waals surface area contributed by atoms with Crippen LogP contribution in [0.15, 0.2) is 29.2 Å². The molecule has 1 aliphatic heterocycles. The molecule has 0 bridgehead atoms. The van der Waals surface area contributed by atoms with E-state index < -0.39 is 10.0 Å². The third-order valence-electron chi connectivity index (χ3n) is 4.86. The summed E-state index contributed by atoms with van der Waals surface area (Å²) in [6, 6.07) is 6.33. The van der Waals surface area contributed by atoms with E-state index in [0.29, 0.717) is 44.9 Å². The standard InChI is InChI=1S/C19H31N3O4S.ClH/c1-3-22(4-2)27(24,25)18-8-5-7-16(15-18)19(23)21-12-9-17(10-13-21)26-14-6-11-20;/h5,7-8,15,17H,3-4,6,9-14,20H2,1-2H3;1H. The van der Waals surface area contributed by atoms with E-state index in [-0.39, 0.29) is 29.3 Å². The maximum absolute atomic E-state index is 12.8. The van der Waals surface area contributed by atoms with Crippen LogP contribution in [0.3, 0.4) is 0 Å². The maximum atomic E-state index is 12.8. The lowest BCUT2D eigenvalue weighted by Gasteiger charge is -2.32. The Hall–Kier alpha value is -1.19. The van der Waals surface area contributed by atoms with Gasteiger partial charge in [-0.1, -0.05) is 19.9 Å². The minimum absolute atomic E-state index is 0. The fraction of sp³-hybridized carbons (Fsp3) is 0.632. The summed E-state index contributed by atoms with van der Waals surface area (Å²) < 4.78 is 32.5. The number of rotatable bonds is 9. The van der Waals surface area contributed by atoms with Crippen LogP contribution in [0.4, 0.5) is 0 Å². The van der Waals surface area contributed by atoms with Crippen LogP contribution in [-0.4, -0.2) is 69.0 Å². The van der Waals surface area contributed by atoms with Crippen molar-refractivity contribution in [3.63, 3.8) is 0 Å². The molecule has 1 fully saturated rings. The molecule has 2 N–H and O–H groups in total. The van der Waals surface area contributed by atoms with Gasteiger partial charge in [-0.2, -0.15) is 4.31 Å². The third-order valence-corrected chi connectivity index (χ3v) is 6.90. The molecule has 7 nitrogen and oxygen atoms in total. The smallest absolute Gasteiger partial charge is 0.253 e. The van der Waals surface area contributed by atoms with Crippen molar-refractivity contribution < 1.29 is 17.9 Å². The van der Waals surface area contributed by atoms with Crippen molar-refractivity contribution in [3.8, 4) is 0 Å². The van der Waals surface area contributed by atoms with Crippen LogP contribution in [0.25, 0.3) is 0 Å². The topological polar surface area (TPSA) is 92.9 Å². The lowest BCUT2D eigenvalue weighted by Crippen LogP contribution is -2.41. The number of hydrogen-bond donors (Lipinski definition) is 1. The van der Waals surface area contributed by atoms with Crippen molar-refractivity contribution in [2.75, 3.05) is 39.3 Å². The van der Waals surface area contributed by atoms with Crippen LogP contribution in [-0.2, 0) is 14.8 Å². The van der Waals surface area contributed by atoms with Crippen LogP contribution in [0.1, 0.15) is 43.5 Å². The second kappa shape index (κ2) is 11.7. The zero-order valence-electron chi connectivity index (χ0n) is 16.7. The number of nitrogens with two attached hydrogens (primary N) is 1. The molecule has 0 aromatic heterocycles. The summed E-state index contributed by atoms with van der Waals surface area (Å²) >= 11 is 0. The average molecular weight is 434 g/mol. The van der Waals surface area contributed by atoms with Gasteiger partial charge in [0.05, 0.1) is 11.0 Å². The normalized spacial score (nSPS) is 15.5. The molecule has 1 aromatic rings. The first-order valence-corrected chi connectivity index (χ1v) is 11.1. The monoisotopic (exact) mass is 433 g/mol. The zero-order chi connectivity index (χ0) is 19.9. The van der Waals surface area contributed by atoms with E-state index in [1.54, 1.807) is 36.9 Å². The van der Waals surface area contributed by atoms with Gasteiger partial charge < -0.3 is 15.4 Å². The number of nitrogens with zero attached hydrogens (tertiary/aromatic N) is 2. The molecule has 0 radical (unpaired) electrons. The largest absolute Gasteiger partial charge is 0.378 e. The summed E-state index contributed by atoms with van der Waals surface area (Å²) in [7, 11) is -3.58. The van der Waals surface area contributed by atoms with Gasteiger partial charge in [-0.05, 0) is 44.0 Å². The van der Waals surface area contributed by atoms with Crippen LogP contribution < -0.4 is 5.73 Å². The highest BCUT2D eigenvalue weighted by Crippen LogP contribution is 2.20. The molecular weight excluding hydrogens is 402 g/mol. The Bertz CT molecular complexity index is 718. The van der Waals surface area contributed by atoms with E-state index in [1.807, 2.05) is 0 Å². The lowest BCUT2D eigenvalue weighted by molar-refractivity contribution is 0.00844. The molecule has 1 saturated heterocycles. The van der Waals surface area contributed by atoms with E-state index in [0.717, 1.165) is 19.3 Å². The number of hydrogen-bond acceptors (Lipinski definition) is 5. The highest BCUT2D eigenvalue weighted by atomic mass is 35.5. The number of ether oxygens (including phenoxy) is 1. The molecule has 1 heterocycles. The summed E-state index contributed by atoms with van der Waals surface area (Å²) in [5, 5.41) is 0. The number of likely N-dealkylation sites (tertiary alicyclic amines) is 1. The van der Waals surface area contributed by atoms with Crippen molar-refractivity contribution >= 4 is 28.3 Å². The quantitative estimate of drug-likeness (QED) is 0.602. The van der Waals surface area contributed by atoms with Crippen molar-refractivity contribution in [3.05, 3.63) is 29.8 Å². The Balaban J connectivity index is 0.00000392. The second-order valence-electron chi connectivity index (χ2n) is 6.62. The number of sulfonamides is 1. The van der Waals surface area contributed by atoms with Gasteiger partial charge in [0.1, 0.15) is 0 Å². The fourth-order valence-electron chi connectivity index (χ4n) is 3.24. The first kappa shape index (κ1) is 24.8. The van der Waals surface area contributed by atoms with Crippen molar-refractivity contribution in [2.24, 2.45) is 5.73 Å². The predicted octanol–water partition coefficient (Wildman–Crippen LogP) is 2.11. The number of carbonyl (C=O) groups excluding carboxylic acids is 1. The van der Waals surface area contributed by atoms with Crippen molar-refractivity contribution in [1.82, 2.24) is 9.21 Å². The molecule has 0 spiro atoms. The number of piperidine rings is 1. The van der Waals surface area contributed by atoms with E-state index in [4.69, 9.17) is 10.5 Å². The van der Waals surface area contributed by atoms with Gasteiger partial charge >= 0.3 is 0 Å². The van der Waals surface area contributed by atoms with Crippen LogP contribution in [0.5, 0.6) is 0 Å². The summed E-state index contributed by atoms with van der Waals surface area (Å²) in [6.45, 7) is 6.89. The molecule has 1 amide bonds. The highest BCUT2D eigenvalue weighted by Gasteiger charge is 2.26. The Morgan fingerprint density at radius 3 is 2.46 bits per heavy atom. The van der Waals surface area contributed by atoms with E-state index in [1.165, 1.54) is 10.4 Å². The molecule has 0 atom stereocenters. The Morgan fingerprint density at radius 2 is 1.89 bits per heavy atom. The van der Waals surface area contributed by atoms with Gasteiger partial charge in [0.2, 0.25) is 10.0 Å². The Kier molecular flexibility index (Phi) is 10.4. The first-order chi connectivity index (χ1) is 12.9. The van der Waals surface area contributed by atoms with Gasteiger partial charge in [0.25, 0.3) is 5.91 Å². The molecule has 28 heavy (non-hydrogen) atoms. The molecule has 1 aliphatic rings. The van der Waals surface area contributed by atoms with Gasteiger partial charge in [0, 0.05) is 38.3 Å². The zero-order valence-corrected chi connectivity index (χ0v) is 18.3. The molecule has 0 saturated carbocycles. The SMILES string of the molecule is CCN(CC)S(=O)(=O)c1cccc(C(=O)N2CCC(OCCCN)CC2)c1.Cl. The van der Waals surface area contributed by atoms with Crippen LogP contribution in [0.2, 0.25) is 0 Å². The molecule has 1 aromatic carbocycles. The van der Waals surface area contributed by atoms with Crippen molar-refractivity contribution in [2.45, 2.75) is 44.1 Å². The average Bonchev–Trinajstić information content (AvgIpc) is 2.69. The summed E-state index contributed by atoms with van der Waals surface area (Å²) in [4.78, 5) is 14.7. The molecule has 9 heteroatoms. The summed E-state index contributed by atoms with van der Waals surface area (Å²) in [6.07, 6.45) is 2.57. The Labute approximate surface area is 174 Å². The van der Waals surface area contributed by atoms with Gasteiger partial charge in [-0.3, -0.25) is 4.79 Å². The van der Waals surface area contributed by atoms with Crippen LogP contribution >= 0.6 is 12.4 Å². The molecular formula is C19H32ClN3O4S. The second-order valence-corrected chi connectivity index (χ2v) is 8.56. The highest BCUT2D eigenvalue weighted by molar-refractivity contribution is 7.89. The van der Waals surface area contributed by atoms with E-state index >= 15 is 0 Å². The number of amides is 1. The van der Waals surface area contributed by atoms with Crippen molar-refractivity contribution in [1.29, 1.82) is 0 Å². The number of benzene rings is 1. The summed E-state index contributed by atoms with van der Waals surface area (Å²) in [5.74, 6) is -0.132. The predicted molar refractivity (Wildman–Crippen MR) is 112 cm³/mol. The van der Waals surface area contributed by atoms with Gasteiger partial charge in [-0.25, -0.2) is 8.42 Å². The Morgan fingerprint density at radius 1 is 1.25 bits per heavy atom. The molecule has 2 rings (SSSR count). The van der Waals surface area contributed by atoms with Gasteiger partial charge in [0.15, 0.2) is 0 Å². The third kappa shape index (κ3) is 6.15. The fourth-order valence-corrected chi connectivity index (χ4v) is 4.75. The summed E-state index contributed by atoms with van der Waals surface area (Å²) in [5.41, 5.74) is 5.88. The molecule has 0 aliphatic carbocycles. The van der Waals surface area contributed by atoms with Crippen LogP contribution in [0, 0.1) is 0 Å². The minimum atomic E-state index is -3.58. The number of carbonyl (C=O) groups is 1. The molecule has 160 valence electrons. The molecule has 0 unspecified atom stereocenters. The minimum Gasteiger partial charge on any atom is -0.378 e.